The van der Waals surface area contributed by atoms with Crippen LogP contribution in [-0.4, -0.2) is 37.4 Å². The van der Waals surface area contributed by atoms with E-state index in [-0.39, 0.29) is 11.1 Å². The highest BCUT2D eigenvalue weighted by Crippen LogP contribution is 2.39. The van der Waals surface area contributed by atoms with Crippen molar-refractivity contribution in [1.82, 2.24) is 24.6 Å². The molecule has 0 saturated carbocycles. The van der Waals surface area contributed by atoms with Crippen molar-refractivity contribution < 1.29 is 14.4 Å². The normalized spacial score (nSPS) is 14.5. The Bertz CT molecular complexity index is 2030. The van der Waals surface area contributed by atoms with Gasteiger partial charge in [0.1, 0.15) is 18.0 Å². The molecule has 1 unspecified atom stereocenters. The van der Waals surface area contributed by atoms with Gasteiger partial charge in [0.2, 0.25) is 0 Å². The minimum atomic E-state index is -0.546. The second-order valence-corrected chi connectivity index (χ2v) is 9.54. The van der Waals surface area contributed by atoms with Crippen LogP contribution in [0.2, 0.25) is 0 Å². The molecule has 0 spiro atoms. The van der Waals surface area contributed by atoms with E-state index in [4.69, 9.17) is 0 Å². The Kier molecular flexibility index (Phi) is 5.02. The van der Waals surface area contributed by atoms with E-state index in [1.165, 1.54) is 0 Å². The number of carbonyl (C=O) groups is 3. The molecule has 39 heavy (non-hydrogen) atoms. The summed E-state index contributed by atoms with van der Waals surface area (Å²) in [4.78, 5) is 42.9. The molecule has 8 heteroatoms. The molecule has 0 aliphatic carbocycles. The molecule has 4 heterocycles. The average molecular weight is 512 g/mol. The Labute approximate surface area is 222 Å². The Hall–Kier alpha value is -5.37. The van der Waals surface area contributed by atoms with Crippen LogP contribution in [0, 0.1) is 0 Å². The molecule has 7 rings (SSSR count). The maximum atomic E-state index is 13.4. The number of imide groups is 1. The third kappa shape index (κ3) is 3.42. The number of pyridine rings is 1. The Morgan fingerprint density at radius 3 is 2.36 bits per heavy atom. The first-order chi connectivity index (χ1) is 19.0. The van der Waals surface area contributed by atoms with Crippen LogP contribution in [0.15, 0.2) is 91.3 Å². The molecule has 1 N–H and O–H groups in total. The molecule has 0 saturated heterocycles. The standard InChI is InChI=1S/C31H21N5O3/c1-18(17-37)36-26-13-7-4-10-22(26)29(34-36)28-27(30(38)33-31(28)39)23-16-35(25-12-6-3-9-21(23)25)20-14-19-8-2-5-11-24(19)32-15-20/h2-18H,1H3,(H,33,38,39). The highest BCUT2D eigenvalue weighted by atomic mass is 16.2. The van der Waals surface area contributed by atoms with Gasteiger partial charge in [-0.15, -0.1) is 0 Å². The topological polar surface area (TPSA) is 98.9 Å². The van der Waals surface area contributed by atoms with Gasteiger partial charge in [0, 0.05) is 27.9 Å². The van der Waals surface area contributed by atoms with Gasteiger partial charge in [-0.25, -0.2) is 0 Å². The minimum absolute atomic E-state index is 0.188. The summed E-state index contributed by atoms with van der Waals surface area (Å²) in [6, 6.07) is 24.5. The monoisotopic (exact) mass is 511 g/mol. The van der Waals surface area contributed by atoms with Crippen molar-refractivity contribution >= 4 is 62.0 Å². The number of nitrogens with one attached hydrogen (secondary N) is 1. The highest BCUT2D eigenvalue weighted by Gasteiger charge is 2.36. The van der Waals surface area contributed by atoms with Crippen molar-refractivity contribution in [3.05, 3.63) is 103 Å². The Morgan fingerprint density at radius 2 is 1.54 bits per heavy atom. The predicted octanol–water partition coefficient (Wildman–Crippen LogP) is 4.86. The molecule has 188 valence electrons. The zero-order chi connectivity index (χ0) is 26.7. The summed E-state index contributed by atoms with van der Waals surface area (Å²) < 4.78 is 3.57. The predicted molar refractivity (Wildman–Crippen MR) is 149 cm³/mol. The minimum Gasteiger partial charge on any atom is -0.314 e. The molecule has 1 aliphatic rings. The third-order valence-electron chi connectivity index (χ3n) is 7.20. The summed E-state index contributed by atoms with van der Waals surface area (Å²) in [5, 5.41) is 9.65. The lowest BCUT2D eigenvalue weighted by Crippen LogP contribution is -2.23. The van der Waals surface area contributed by atoms with Gasteiger partial charge >= 0.3 is 0 Å². The SMILES string of the molecule is CC(C=O)n1nc(C2=C(c3cn(-c4cnc5ccccc5c4)c4ccccc34)C(=O)NC2=O)c2ccccc21. The van der Waals surface area contributed by atoms with Gasteiger partial charge in [0.25, 0.3) is 11.8 Å². The van der Waals surface area contributed by atoms with Gasteiger partial charge in [-0.05, 0) is 31.2 Å². The second-order valence-electron chi connectivity index (χ2n) is 9.54. The Balaban J connectivity index is 1.51. The molecule has 2 amide bonds. The number of aromatic nitrogens is 4. The van der Waals surface area contributed by atoms with Crippen molar-refractivity contribution in [2.45, 2.75) is 13.0 Å². The molecule has 3 aromatic heterocycles. The van der Waals surface area contributed by atoms with Gasteiger partial charge in [-0.1, -0.05) is 54.6 Å². The van der Waals surface area contributed by atoms with E-state index in [9.17, 15) is 14.4 Å². The smallest absolute Gasteiger partial charge is 0.261 e. The van der Waals surface area contributed by atoms with Gasteiger partial charge in [0.15, 0.2) is 0 Å². The van der Waals surface area contributed by atoms with Crippen molar-refractivity contribution in [2.24, 2.45) is 0 Å². The first kappa shape index (κ1) is 22.8. The fourth-order valence-corrected chi connectivity index (χ4v) is 5.36. The van der Waals surface area contributed by atoms with Crippen molar-refractivity contribution in [3.63, 3.8) is 0 Å². The van der Waals surface area contributed by atoms with E-state index in [0.717, 1.165) is 33.8 Å². The van der Waals surface area contributed by atoms with E-state index in [1.807, 2.05) is 89.6 Å². The van der Waals surface area contributed by atoms with Crippen LogP contribution in [0.1, 0.15) is 24.2 Å². The Morgan fingerprint density at radius 1 is 0.846 bits per heavy atom. The maximum absolute atomic E-state index is 13.4. The summed E-state index contributed by atoms with van der Waals surface area (Å²) in [5.41, 5.74) is 4.70. The summed E-state index contributed by atoms with van der Waals surface area (Å²) in [7, 11) is 0. The molecular weight excluding hydrogens is 490 g/mol. The number of para-hydroxylation sites is 3. The first-order valence-electron chi connectivity index (χ1n) is 12.5. The number of hydrogen-bond donors (Lipinski definition) is 1. The second kappa shape index (κ2) is 8.59. The molecule has 3 aromatic carbocycles. The lowest BCUT2D eigenvalue weighted by atomic mass is 9.97. The van der Waals surface area contributed by atoms with Crippen LogP contribution in [0.5, 0.6) is 0 Å². The van der Waals surface area contributed by atoms with Crippen LogP contribution < -0.4 is 5.32 Å². The highest BCUT2D eigenvalue weighted by molar-refractivity contribution is 6.50. The zero-order valence-electron chi connectivity index (χ0n) is 20.8. The number of fused-ring (bicyclic) bond motifs is 3. The van der Waals surface area contributed by atoms with Crippen molar-refractivity contribution in [3.8, 4) is 5.69 Å². The number of nitrogens with zero attached hydrogens (tertiary/aromatic N) is 4. The lowest BCUT2D eigenvalue weighted by Gasteiger charge is -2.06. The van der Waals surface area contributed by atoms with Crippen molar-refractivity contribution in [2.75, 3.05) is 0 Å². The fourth-order valence-electron chi connectivity index (χ4n) is 5.36. The van der Waals surface area contributed by atoms with E-state index < -0.39 is 17.9 Å². The van der Waals surface area contributed by atoms with Gasteiger partial charge in [-0.3, -0.25) is 24.6 Å². The molecule has 0 fully saturated rings. The molecule has 1 aliphatic heterocycles. The van der Waals surface area contributed by atoms with Gasteiger partial charge in [0.05, 0.1) is 39.6 Å². The summed E-state index contributed by atoms with van der Waals surface area (Å²) >= 11 is 0. The number of amides is 2. The van der Waals surface area contributed by atoms with Gasteiger partial charge < -0.3 is 9.36 Å². The zero-order valence-corrected chi connectivity index (χ0v) is 20.8. The van der Waals surface area contributed by atoms with Gasteiger partial charge in [-0.2, -0.15) is 5.10 Å². The van der Waals surface area contributed by atoms with E-state index in [1.54, 1.807) is 17.8 Å². The van der Waals surface area contributed by atoms with Crippen LogP contribution in [0.4, 0.5) is 0 Å². The average Bonchev–Trinajstić information content (AvgIpc) is 3.62. The molecular formula is C31H21N5O3. The molecule has 8 nitrogen and oxygen atoms in total. The first-order valence-corrected chi connectivity index (χ1v) is 12.5. The third-order valence-corrected chi connectivity index (χ3v) is 7.20. The van der Waals surface area contributed by atoms with Crippen LogP contribution >= 0.6 is 0 Å². The number of hydrogen-bond acceptors (Lipinski definition) is 5. The number of rotatable bonds is 5. The van der Waals surface area contributed by atoms with Crippen LogP contribution in [0.25, 0.3) is 49.5 Å². The fraction of sp³-hybridized carbons (Fsp3) is 0.0645. The maximum Gasteiger partial charge on any atom is 0.261 e. The molecule has 1 atom stereocenters. The summed E-state index contributed by atoms with van der Waals surface area (Å²) in [6.45, 7) is 1.73. The molecule has 0 bridgehead atoms. The van der Waals surface area contributed by atoms with E-state index >= 15 is 0 Å². The number of aldehydes is 1. The quantitative estimate of drug-likeness (QED) is 0.263. The molecule has 6 aromatic rings. The lowest BCUT2D eigenvalue weighted by molar-refractivity contribution is -0.122. The van der Waals surface area contributed by atoms with Crippen LogP contribution in [0.3, 0.4) is 0 Å². The molecule has 0 radical (unpaired) electrons. The summed E-state index contributed by atoms with van der Waals surface area (Å²) in [5.74, 6) is -1.01. The van der Waals surface area contributed by atoms with E-state index in [2.05, 4.69) is 15.4 Å². The van der Waals surface area contributed by atoms with E-state index in [0.29, 0.717) is 22.2 Å². The van der Waals surface area contributed by atoms with Crippen LogP contribution in [-0.2, 0) is 14.4 Å². The number of carbonyl (C=O) groups excluding carboxylic acids is 3. The largest absolute Gasteiger partial charge is 0.314 e. The number of benzene rings is 3. The van der Waals surface area contributed by atoms with Crippen molar-refractivity contribution in [1.29, 1.82) is 0 Å². The summed E-state index contributed by atoms with van der Waals surface area (Å²) in [6.07, 6.45) is 4.46.